The molecule has 1 aromatic carbocycles. The summed E-state index contributed by atoms with van der Waals surface area (Å²) in [5.74, 6) is 1.34. The molecule has 0 unspecified atom stereocenters. The number of esters is 1. The van der Waals surface area contributed by atoms with Gasteiger partial charge in [-0.2, -0.15) is 5.26 Å². The summed E-state index contributed by atoms with van der Waals surface area (Å²) in [6, 6.07) is 10.6. The van der Waals surface area contributed by atoms with Crippen LogP contribution in [0.2, 0.25) is 0 Å². The molecule has 3 heteroatoms. The van der Waals surface area contributed by atoms with Crippen LogP contribution in [0.4, 0.5) is 0 Å². The standard InChI is InChI=1S/C25H35NO2/c1-3-5-19-6-8-20(9-7-19)21-10-12-22(13-11-21)24(27)28-23-14-16-25(4-2,18-26)17-15-23/h10-13,19-20,23H,3-9,14-17H2,1-2H3. The number of carbonyl (C=O) groups is 1. The van der Waals surface area contributed by atoms with E-state index in [2.05, 4.69) is 32.0 Å². The van der Waals surface area contributed by atoms with Gasteiger partial charge in [-0.15, -0.1) is 0 Å². The zero-order valence-corrected chi connectivity index (χ0v) is 17.6. The molecule has 0 spiro atoms. The fourth-order valence-corrected chi connectivity index (χ4v) is 5.11. The van der Waals surface area contributed by atoms with Crippen molar-refractivity contribution in [2.75, 3.05) is 0 Å². The summed E-state index contributed by atoms with van der Waals surface area (Å²) in [5, 5.41) is 9.40. The van der Waals surface area contributed by atoms with Gasteiger partial charge in [-0.05, 0) is 87.3 Å². The normalized spacial score (nSPS) is 30.4. The Bertz CT molecular complexity index is 671. The van der Waals surface area contributed by atoms with Gasteiger partial charge in [-0.25, -0.2) is 4.79 Å². The molecule has 152 valence electrons. The molecule has 3 rings (SSSR count). The van der Waals surface area contributed by atoms with Crippen LogP contribution >= 0.6 is 0 Å². The number of benzene rings is 1. The maximum atomic E-state index is 12.5. The Morgan fingerprint density at radius 2 is 1.71 bits per heavy atom. The number of ether oxygens (including phenoxy) is 1. The number of rotatable bonds is 6. The quantitative estimate of drug-likeness (QED) is 0.510. The molecular weight excluding hydrogens is 346 g/mol. The van der Waals surface area contributed by atoms with Crippen LogP contribution in [0.1, 0.15) is 106 Å². The van der Waals surface area contributed by atoms with Crippen molar-refractivity contribution in [1.82, 2.24) is 0 Å². The lowest BCUT2D eigenvalue weighted by atomic mass is 9.72. The molecular formula is C25H35NO2. The number of hydrogen-bond acceptors (Lipinski definition) is 3. The molecule has 1 aromatic rings. The lowest BCUT2D eigenvalue weighted by molar-refractivity contribution is 0.0112. The van der Waals surface area contributed by atoms with E-state index in [1.165, 1.54) is 44.1 Å². The van der Waals surface area contributed by atoms with Crippen molar-refractivity contribution in [3.05, 3.63) is 35.4 Å². The van der Waals surface area contributed by atoms with Crippen LogP contribution in [-0.2, 0) is 4.74 Å². The zero-order chi connectivity index (χ0) is 20.0. The third-order valence-electron chi connectivity index (χ3n) is 7.24. The van der Waals surface area contributed by atoms with E-state index >= 15 is 0 Å². The van der Waals surface area contributed by atoms with Crippen molar-refractivity contribution in [2.24, 2.45) is 11.3 Å². The second kappa shape index (κ2) is 9.59. The van der Waals surface area contributed by atoms with E-state index in [-0.39, 0.29) is 17.5 Å². The number of hydrogen-bond donors (Lipinski definition) is 0. The van der Waals surface area contributed by atoms with Gasteiger partial charge in [-0.1, -0.05) is 38.8 Å². The van der Waals surface area contributed by atoms with Crippen LogP contribution in [0.5, 0.6) is 0 Å². The van der Waals surface area contributed by atoms with Crippen molar-refractivity contribution < 1.29 is 9.53 Å². The summed E-state index contributed by atoms with van der Waals surface area (Å²) >= 11 is 0. The molecule has 0 heterocycles. The molecule has 0 radical (unpaired) electrons. The van der Waals surface area contributed by atoms with Crippen LogP contribution in [0.25, 0.3) is 0 Å². The van der Waals surface area contributed by atoms with Gasteiger partial charge >= 0.3 is 5.97 Å². The third-order valence-corrected chi connectivity index (χ3v) is 7.24. The molecule has 0 atom stereocenters. The summed E-state index contributed by atoms with van der Waals surface area (Å²) in [4.78, 5) is 12.5. The highest BCUT2D eigenvalue weighted by atomic mass is 16.5. The van der Waals surface area contributed by atoms with Crippen molar-refractivity contribution >= 4 is 5.97 Å². The second-order valence-corrected chi connectivity index (χ2v) is 8.98. The Hall–Kier alpha value is -1.82. The minimum Gasteiger partial charge on any atom is -0.459 e. The first-order chi connectivity index (χ1) is 13.6. The molecule has 0 aliphatic heterocycles. The van der Waals surface area contributed by atoms with Gasteiger partial charge in [-0.3, -0.25) is 0 Å². The molecule has 2 aliphatic carbocycles. The number of nitrogens with zero attached hydrogens (tertiary/aromatic N) is 1. The minimum absolute atomic E-state index is 0.0472. The van der Waals surface area contributed by atoms with Crippen molar-refractivity contribution in [2.45, 2.75) is 96.5 Å². The van der Waals surface area contributed by atoms with Gasteiger partial charge in [0.25, 0.3) is 0 Å². The number of carbonyl (C=O) groups excluding carboxylic acids is 1. The molecule has 28 heavy (non-hydrogen) atoms. The SMILES string of the molecule is CCCC1CCC(c2ccc(C(=O)OC3CCC(C#N)(CC)CC3)cc2)CC1. The second-order valence-electron chi connectivity index (χ2n) is 8.98. The van der Waals surface area contributed by atoms with Crippen LogP contribution in [0.15, 0.2) is 24.3 Å². The first kappa shape index (κ1) is 20.9. The molecule has 0 amide bonds. The Labute approximate surface area is 170 Å². The zero-order valence-electron chi connectivity index (χ0n) is 17.6. The van der Waals surface area contributed by atoms with E-state index in [1.54, 1.807) is 0 Å². The smallest absolute Gasteiger partial charge is 0.338 e. The molecule has 0 N–H and O–H groups in total. The van der Waals surface area contributed by atoms with Gasteiger partial charge in [0.1, 0.15) is 6.10 Å². The molecule has 0 aromatic heterocycles. The van der Waals surface area contributed by atoms with Gasteiger partial charge in [0.15, 0.2) is 0 Å². The maximum absolute atomic E-state index is 12.5. The van der Waals surface area contributed by atoms with E-state index in [0.717, 1.165) is 38.0 Å². The monoisotopic (exact) mass is 381 g/mol. The molecule has 0 saturated heterocycles. The highest BCUT2D eigenvalue weighted by Crippen LogP contribution is 2.40. The summed E-state index contributed by atoms with van der Waals surface area (Å²) < 4.78 is 5.74. The minimum atomic E-state index is -0.218. The molecule has 2 aliphatic rings. The van der Waals surface area contributed by atoms with E-state index < -0.39 is 0 Å². The Balaban J connectivity index is 1.50. The predicted octanol–water partition coefficient (Wildman–Crippen LogP) is 6.78. The van der Waals surface area contributed by atoms with Gasteiger partial charge < -0.3 is 4.74 Å². The van der Waals surface area contributed by atoms with Crippen molar-refractivity contribution in [3.8, 4) is 6.07 Å². The summed E-state index contributed by atoms with van der Waals surface area (Å²) in [5.41, 5.74) is 1.81. The fourth-order valence-electron chi connectivity index (χ4n) is 5.11. The lowest BCUT2D eigenvalue weighted by Gasteiger charge is -2.33. The summed E-state index contributed by atoms with van der Waals surface area (Å²) in [6.07, 6.45) is 12.0. The van der Waals surface area contributed by atoms with Gasteiger partial charge in [0.05, 0.1) is 17.0 Å². The van der Waals surface area contributed by atoms with Crippen LogP contribution in [0, 0.1) is 22.7 Å². The van der Waals surface area contributed by atoms with Gasteiger partial charge in [0, 0.05) is 0 Å². The molecule has 0 bridgehead atoms. The first-order valence-electron chi connectivity index (χ1n) is 11.3. The Morgan fingerprint density at radius 1 is 1.07 bits per heavy atom. The van der Waals surface area contributed by atoms with E-state index in [1.807, 2.05) is 12.1 Å². The fraction of sp³-hybridized carbons (Fsp3) is 0.680. The van der Waals surface area contributed by atoms with Crippen LogP contribution in [-0.4, -0.2) is 12.1 Å². The average Bonchev–Trinajstić information content (AvgIpc) is 2.75. The van der Waals surface area contributed by atoms with Crippen LogP contribution < -0.4 is 0 Å². The first-order valence-corrected chi connectivity index (χ1v) is 11.3. The van der Waals surface area contributed by atoms with E-state index in [0.29, 0.717) is 11.5 Å². The van der Waals surface area contributed by atoms with E-state index in [4.69, 9.17) is 4.74 Å². The number of nitriles is 1. The van der Waals surface area contributed by atoms with E-state index in [9.17, 15) is 10.1 Å². The third kappa shape index (κ3) is 4.96. The molecule has 2 fully saturated rings. The van der Waals surface area contributed by atoms with Crippen LogP contribution in [0.3, 0.4) is 0 Å². The largest absolute Gasteiger partial charge is 0.459 e. The topological polar surface area (TPSA) is 50.1 Å². The molecule has 2 saturated carbocycles. The van der Waals surface area contributed by atoms with Crippen molar-refractivity contribution in [3.63, 3.8) is 0 Å². The highest BCUT2D eigenvalue weighted by molar-refractivity contribution is 5.89. The summed E-state index contributed by atoms with van der Waals surface area (Å²) in [7, 11) is 0. The Kier molecular flexibility index (Phi) is 7.16. The van der Waals surface area contributed by atoms with Gasteiger partial charge in [0.2, 0.25) is 0 Å². The summed E-state index contributed by atoms with van der Waals surface area (Å²) in [6.45, 7) is 4.36. The lowest BCUT2D eigenvalue weighted by Crippen LogP contribution is -2.30. The maximum Gasteiger partial charge on any atom is 0.338 e. The highest BCUT2D eigenvalue weighted by Gasteiger charge is 2.35. The predicted molar refractivity (Wildman–Crippen MR) is 112 cm³/mol. The molecule has 3 nitrogen and oxygen atoms in total. The average molecular weight is 382 g/mol. The Morgan fingerprint density at radius 3 is 2.25 bits per heavy atom. The van der Waals surface area contributed by atoms with Crippen molar-refractivity contribution in [1.29, 1.82) is 5.26 Å².